The van der Waals surface area contributed by atoms with Crippen molar-refractivity contribution in [3.05, 3.63) is 33.4 Å². The molecule has 3 atom stereocenters. The fourth-order valence-electron chi connectivity index (χ4n) is 2.30. The Kier molecular flexibility index (Phi) is 4.45. The third kappa shape index (κ3) is 3.14. The SMILES string of the molecule is COC[C@H](c1ccccc1I)[C@@H]1CC1OC(N)=O. The molecule has 1 saturated carbocycles. The van der Waals surface area contributed by atoms with Crippen molar-refractivity contribution in [1.29, 1.82) is 0 Å². The van der Waals surface area contributed by atoms with Crippen molar-refractivity contribution in [2.24, 2.45) is 11.7 Å². The van der Waals surface area contributed by atoms with E-state index in [9.17, 15) is 4.79 Å². The molecule has 1 unspecified atom stereocenters. The number of amides is 1. The maximum atomic E-state index is 10.7. The lowest BCUT2D eigenvalue weighted by molar-refractivity contribution is 0.129. The molecule has 0 heterocycles. The average Bonchev–Trinajstić information content (AvgIpc) is 3.05. The smallest absolute Gasteiger partial charge is 0.404 e. The summed E-state index contributed by atoms with van der Waals surface area (Å²) >= 11 is 2.32. The Morgan fingerprint density at radius 1 is 1.56 bits per heavy atom. The first-order valence-electron chi connectivity index (χ1n) is 5.83. The highest BCUT2D eigenvalue weighted by Crippen LogP contribution is 2.46. The van der Waals surface area contributed by atoms with E-state index in [1.165, 1.54) is 9.13 Å². The van der Waals surface area contributed by atoms with Gasteiger partial charge in [0.15, 0.2) is 0 Å². The Balaban J connectivity index is 2.11. The largest absolute Gasteiger partial charge is 0.446 e. The van der Waals surface area contributed by atoms with Gasteiger partial charge >= 0.3 is 6.09 Å². The number of ether oxygens (including phenoxy) is 2. The van der Waals surface area contributed by atoms with Crippen LogP contribution in [0.1, 0.15) is 17.9 Å². The number of halogens is 1. The maximum Gasteiger partial charge on any atom is 0.404 e. The number of nitrogens with two attached hydrogens (primary N) is 1. The number of carbonyl (C=O) groups is 1. The van der Waals surface area contributed by atoms with E-state index in [0.29, 0.717) is 12.5 Å². The lowest BCUT2D eigenvalue weighted by Crippen LogP contribution is -2.18. The Morgan fingerprint density at radius 2 is 2.28 bits per heavy atom. The number of benzene rings is 1. The van der Waals surface area contributed by atoms with Crippen molar-refractivity contribution in [3.8, 4) is 0 Å². The molecule has 2 rings (SSSR count). The van der Waals surface area contributed by atoms with Gasteiger partial charge < -0.3 is 15.2 Å². The molecule has 5 heteroatoms. The zero-order valence-electron chi connectivity index (χ0n) is 10.1. The highest BCUT2D eigenvalue weighted by atomic mass is 127. The number of carbonyl (C=O) groups excluding carboxylic acids is 1. The van der Waals surface area contributed by atoms with Gasteiger partial charge in [0.25, 0.3) is 0 Å². The highest BCUT2D eigenvalue weighted by molar-refractivity contribution is 14.1. The minimum Gasteiger partial charge on any atom is -0.446 e. The molecular weight excluding hydrogens is 345 g/mol. The second-order valence-corrected chi connectivity index (χ2v) is 5.62. The molecular formula is C13H16INO3. The molecule has 1 aliphatic rings. The van der Waals surface area contributed by atoms with Crippen LogP contribution >= 0.6 is 22.6 Å². The number of methoxy groups -OCH3 is 1. The van der Waals surface area contributed by atoms with Crippen molar-refractivity contribution < 1.29 is 14.3 Å². The van der Waals surface area contributed by atoms with Gasteiger partial charge in [-0.15, -0.1) is 0 Å². The molecule has 0 bridgehead atoms. The fourth-order valence-corrected chi connectivity index (χ4v) is 3.08. The van der Waals surface area contributed by atoms with Crippen LogP contribution < -0.4 is 5.73 Å². The van der Waals surface area contributed by atoms with Crippen molar-refractivity contribution in [2.45, 2.75) is 18.4 Å². The van der Waals surface area contributed by atoms with Crippen LogP contribution in [0.2, 0.25) is 0 Å². The molecule has 1 aromatic carbocycles. The number of primary amides is 1. The van der Waals surface area contributed by atoms with E-state index in [0.717, 1.165) is 6.42 Å². The highest BCUT2D eigenvalue weighted by Gasteiger charge is 2.46. The van der Waals surface area contributed by atoms with E-state index in [-0.39, 0.29) is 12.0 Å². The van der Waals surface area contributed by atoms with E-state index in [2.05, 4.69) is 34.7 Å². The van der Waals surface area contributed by atoms with Crippen LogP contribution in [0.25, 0.3) is 0 Å². The molecule has 4 nitrogen and oxygen atoms in total. The number of rotatable bonds is 5. The van der Waals surface area contributed by atoms with Gasteiger partial charge in [0.1, 0.15) is 6.10 Å². The molecule has 0 aliphatic heterocycles. The molecule has 98 valence electrons. The predicted octanol–water partition coefficient (Wildman–Crippen LogP) is 2.50. The summed E-state index contributed by atoms with van der Waals surface area (Å²) < 4.78 is 11.5. The Bertz CT molecular complexity index is 438. The van der Waals surface area contributed by atoms with Crippen LogP contribution in [0.15, 0.2) is 24.3 Å². The van der Waals surface area contributed by atoms with Gasteiger partial charge in [0, 0.05) is 22.5 Å². The first kappa shape index (κ1) is 13.6. The third-order valence-corrected chi connectivity index (χ3v) is 4.20. The lowest BCUT2D eigenvalue weighted by Gasteiger charge is -2.17. The zero-order chi connectivity index (χ0) is 13.1. The number of hydrogen-bond acceptors (Lipinski definition) is 3. The average molecular weight is 361 g/mol. The summed E-state index contributed by atoms with van der Waals surface area (Å²) in [5.74, 6) is 0.570. The molecule has 1 aliphatic carbocycles. The van der Waals surface area contributed by atoms with E-state index in [4.69, 9.17) is 15.2 Å². The molecule has 1 amide bonds. The summed E-state index contributed by atoms with van der Waals surface area (Å²) in [6, 6.07) is 8.21. The lowest BCUT2D eigenvalue weighted by atomic mass is 9.95. The molecule has 1 fully saturated rings. The summed E-state index contributed by atoms with van der Waals surface area (Å²) in [5, 5.41) is 0. The second kappa shape index (κ2) is 5.88. The summed E-state index contributed by atoms with van der Waals surface area (Å²) in [7, 11) is 1.69. The van der Waals surface area contributed by atoms with E-state index in [1.54, 1.807) is 7.11 Å². The van der Waals surface area contributed by atoms with Crippen molar-refractivity contribution in [2.75, 3.05) is 13.7 Å². The van der Waals surface area contributed by atoms with Crippen LogP contribution in [0.4, 0.5) is 4.79 Å². The molecule has 0 saturated heterocycles. The van der Waals surface area contributed by atoms with E-state index < -0.39 is 6.09 Å². The molecule has 18 heavy (non-hydrogen) atoms. The van der Waals surface area contributed by atoms with Crippen molar-refractivity contribution in [1.82, 2.24) is 0 Å². The van der Waals surface area contributed by atoms with Gasteiger partial charge in [-0.2, -0.15) is 0 Å². The minimum atomic E-state index is -0.693. The van der Waals surface area contributed by atoms with Crippen LogP contribution in [0.3, 0.4) is 0 Å². The summed E-state index contributed by atoms with van der Waals surface area (Å²) in [6.45, 7) is 0.628. The zero-order valence-corrected chi connectivity index (χ0v) is 12.3. The van der Waals surface area contributed by atoms with Gasteiger partial charge in [0.2, 0.25) is 0 Å². The normalized spacial score (nSPS) is 23.4. The van der Waals surface area contributed by atoms with Crippen LogP contribution in [0, 0.1) is 9.49 Å². The van der Waals surface area contributed by atoms with Crippen LogP contribution in [-0.2, 0) is 9.47 Å². The topological polar surface area (TPSA) is 61.6 Å². The van der Waals surface area contributed by atoms with Crippen LogP contribution in [-0.4, -0.2) is 25.9 Å². The molecule has 0 radical (unpaired) electrons. The second-order valence-electron chi connectivity index (χ2n) is 4.46. The minimum absolute atomic E-state index is 0.0568. The van der Waals surface area contributed by atoms with Crippen molar-refractivity contribution in [3.63, 3.8) is 0 Å². The standard InChI is InChI=1S/C13H16INO3/c1-17-7-10(8-4-2-3-5-11(8)14)9-6-12(9)18-13(15)16/h2-5,9-10,12H,6-7H2,1H3,(H2,15,16)/t9-,10+,12?/m0/s1. The maximum absolute atomic E-state index is 10.7. The first-order valence-corrected chi connectivity index (χ1v) is 6.90. The van der Waals surface area contributed by atoms with Gasteiger partial charge in [-0.05, 0) is 40.6 Å². The monoisotopic (exact) mass is 361 g/mol. The first-order chi connectivity index (χ1) is 8.63. The van der Waals surface area contributed by atoms with Gasteiger partial charge in [-0.1, -0.05) is 18.2 Å². The van der Waals surface area contributed by atoms with Gasteiger partial charge in [-0.25, -0.2) is 4.79 Å². The Morgan fingerprint density at radius 3 is 2.89 bits per heavy atom. The van der Waals surface area contributed by atoms with Crippen molar-refractivity contribution >= 4 is 28.7 Å². The number of hydrogen-bond donors (Lipinski definition) is 1. The van der Waals surface area contributed by atoms with E-state index >= 15 is 0 Å². The quantitative estimate of drug-likeness (QED) is 0.820. The van der Waals surface area contributed by atoms with E-state index in [1.807, 2.05) is 12.1 Å². The van der Waals surface area contributed by atoms with Gasteiger partial charge in [-0.3, -0.25) is 0 Å². The summed E-state index contributed by atoms with van der Waals surface area (Å²) in [5.41, 5.74) is 6.29. The summed E-state index contributed by atoms with van der Waals surface area (Å²) in [4.78, 5) is 10.7. The Labute approximate surface area is 120 Å². The van der Waals surface area contributed by atoms with Gasteiger partial charge in [0.05, 0.1) is 6.61 Å². The molecule has 0 aromatic heterocycles. The predicted molar refractivity (Wildman–Crippen MR) is 76.3 cm³/mol. The summed E-state index contributed by atoms with van der Waals surface area (Å²) in [6.07, 6.45) is 0.113. The molecule has 2 N–H and O–H groups in total. The fraction of sp³-hybridized carbons (Fsp3) is 0.462. The molecule has 1 aromatic rings. The Hall–Kier alpha value is -0.820. The molecule has 0 spiro atoms. The third-order valence-electron chi connectivity index (χ3n) is 3.21. The van der Waals surface area contributed by atoms with Crippen LogP contribution in [0.5, 0.6) is 0 Å².